The normalized spacial score (nSPS) is 20.0. The molecule has 1 fully saturated rings. The van der Waals surface area contributed by atoms with Crippen LogP contribution in [0.3, 0.4) is 0 Å². The predicted molar refractivity (Wildman–Crippen MR) is 93.7 cm³/mol. The lowest BCUT2D eigenvalue weighted by atomic mass is 9.90. The first kappa shape index (κ1) is 17.2. The van der Waals surface area contributed by atoms with Gasteiger partial charge in [-0.05, 0) is 39.3 Å². The van der Waals surface area contributed by atoms with Gasteiger partial charge >= 0.3 is 5.97 Å². The van der Waals surface area contributed by atoms with E-state index in [1.54, 1.807) is 11.8 Å². The van der Waals surface area contributed by atoms with Crippen molar-refractivity contribution < 1.29 is 14.7 Å². The summed E-state index contributed by atoms with van der Waals surface area (Å²) in [5.41, 5.74) is 2.81. The van der Waals surface area contributed by atoms with Crippen LogP contribution in [0.1, 0.15) is 30.3 Å². The summed E-state index contributed by atoms with van der Waals surface area (Å²) >= 11 is 0. The molecule has 0 unspecified atom stereocenters. The molecule has 2 heterocycles. The molecule has 2 aromatic rings. The van der Waals surface area contributed by atoms with Gasteiger partial charge in [-0.25, -0.2) is 4.68 Å². The van der Waals surface area contributed by atoms with Gasteiger partial charge in [-0.3, -0.25) is 9.59 Å². The van der Waals surface area contributed by atoms with Crippen molar-refractivity contribution in [1.29, 1.82) is 0 Å². The molecular weight excluding hydrogens is 318 g/mol. The maximum atomic E-state index is 12.7. The number of amides is 1. The fourth-order valence-electron chi connectivity index (χ4n) is 3.36. The number of aryl methyl sites for hydroxylation is 1. The maximum absolute atomic E-state index is 12.7. The molecule has 1 aromatic carbocycles. The van der Waals surface area contributed by atoms with Crippen LogP contribution in [0.25, 0.3) is 5.69 Å². The summed E-state index contributed by atoms with van der Waals surface area (Å²) in [4.78, 5) is 25.7. The first-order valence-electron chi connectivity index (χ1n) is 8.43. The van der Waals surface area contributed by atoms with E-state index in [0.29, 0.717) is 13.0 Å². The highest BCUT2D eigenvalue weighted by Gasteiger charge is 2.42. The summed E-state index contributed by atoms with van der Waals surface area (Å²) in [6.45, 7) is 6.33. The number of aliphatic carboxylic acids is 1. The lowest BCUT2D eigenvalue weighted by Gasteiger charge is -2.20. The molecule has 1 aliphatic rings. The Kier molecular flexibility index (Phi) is 4.37. The first-order chi connectivity index (χ1) is 11.8. The van der Waals surface area contributed by atoms with E-state index in [0.717, 1.165) is 22.6 Å². The number of rotatable bonds is 4. The van der Waals surface area contributed by atoms with Crippen LogP contribution in [0.5, 0.6) is 0 Å². The van der Waals surface area contributed by atoms with Gasteiger partial charge in [-0.2, -0.15) is 5.10 Å². The first-order valence-corrected chi connectivity index (χ1v) is 8.43. The average molecular weight is 341 g/mol. The van der Waals surface area contributed by atoms with E-state index in [2.05, 4.69) is 5.10 Å². The molecule has 0 spiro atoms. The Morgan fingerprint density at radius 3 is 2.52 bits per heavy atom. The molecular formula is C19H23N3O3. The topological polar surface area (TPSA) is 75.4 Å². The molecule has 0 radical (unpaired) electrons. The molecule has 0 saturated carbocycles. The van der Waals surface area contributed by atoms with Crippen molar-refractivity contribution in [3.63, 3.8) is 0 Å². The molecule has 25 heavy (non-hydrogen) atoms. The number of carboxylic acids is 1. The van der Waals surface area contributed by atoms with Crippen LogP contribution in [0.15, 0.2) is 30.3 Å². The van der Waals surface area contributed by atoms with Crippen LogP contribution in [-0.2, 0) is 16.0 Å². The number of hydrogen-bond acceptors (Lipinski definition) is 3. The van der Waals surface area contributed by atoms with Crippen LogP contribution in [0.4, 0.5) is 0 Å². The summed E-state index contributed by atoms with van der Waals surface area (Å²) in [5, 5.41) is 13.9. The van der Waals surface area contributed by atoms with Crippen LogP contribution in [0, 0.1) is 19.3 Å². The summed E-state index contributed by atoms with van der Waals surface area (Å²) in [7, 11) is 0. The third-order valence-electron chi connectivity index (χ3n) is 5.11. The van der Waals surface area contributed by atoms with Gasteiger partial charge in [-0.1, -0.05) is 18.2 Å². The van der Waals surface area contributed by atoms with Gasteiger partial charge < -0.3 is 10.0 Å². The Balaban J connectivity index is 1.79. The van der Waals surface area contributed by atoms with Gasteiger partial charge in [0.25, 0.3) is 0 Å². The Labute approximate surface area is 147 Å². The molecule has 1 atom stereocenters. The molecule has 6 heteroatoms. The molecule has 1 N–H and O–H groups in total. The monoisotopic (exact) mass is 341 g/mol. The fourth-order valence-corrected chi connectivity index (χ4v) is 3.36. The van der Waals surface area contributed by atoms with Gasteiger partial charge in [0.1, 0.15) is 0 Å². The number of carbonyl (C=O) groups is 2. The number of likely N-dealkylation sites (tertiary alicyclic amines) is 1. The Morgan fingerprint density at radius 1 is 1.24 bits per heavy atom. The molecule has 1 aliphatic heterocycles. The number of benzene rings is 1. The van der Waals surface area contributed by atoms with Crippen molar-refractivity contribution in [3.8, 4) is 5.69 Å². The van der Waals surface area contributed by atoms with E-state index in [4.69, 9.17) is 0 Å². The van der Waals surface area contributed by atoms with Crippen LogP contribution in [0.2, 0.25) is 0 Å². The Morgan fingerprint density at radius 2 is 1.92 bits per heavy atom. The van der Waals surface area contributed by atoms with Crippen LogP contribution < -0.4 is 0 Å². The quantitative estimate of drug-likeness (QED) is 0.926. The van der Waals surface area contributed by atoms with E-state index < -0.39 is 11.4 Å². The van der Waals surface area contributed by atoms with E-state index in [9.17, 15) is 14.7 Å². The van der Waals surface area contributed by atoms with E-state index in [1.165, 1.54) is 0 Å². The molecule has 1 amide bonds. The van der Waals surface area contributed by atoms with Crippen molar-refractivity contribution >= 4 is 11.9 Å². The minimum atomic E-state index is -0.841. The number of nitrogens with zero attached hydrogens (tertiary/aromatic N) is 3. The molecule has 132 valence electrons. The van der Waals surface area contributed by atoms with Gasteiger partial charge in [0.2, 0.25) is 5.91 Å². The molecule has 1 aromatic heterocycles. The van der Waals surface area contributed by atoms with Gasteiger partial charge in [0.15, 0.2) is 0 Å². The summed E-state index contributed by atoms with van der Waals surface area (Å²) in [5.74, 6) is -0.879. The van der Waals surface area contributed by atoms with Crippen molar-refractivity contribution in [3.05, 3.63) is 47.3 Å². The molecule has 3 rings (SSSR count). The standard InChI is InChI=1S/C19H23N3O3/c1-13-16(14(2)22(20-13)15-7-5-4-6-8-15)11-17(23)21-10-9-19(3,12-21)18(24)25/h4-8H,9-12H2,1-3H3,(H,24,25)/t19-/m1/s1. The summed E-state index contributed by atoms with van der Waals surface area (Å²) < 4.78 is 1.85. The summed E-state index contributed by atoms with van der Waals surface area (Å²) in [6, 6.07) is 9.81. The van der Waals surface area contributed by atoms with Crippen molar-refractivity contribution in [2.24, 2.45) is 5.41 Å². The minimum Gasteiger partial charge on any atom is -0.481 e. The lowest BCUT2D eigenvalue weighted by molar-refractivity contribution is -0.147. The van der Waals surface area contributed by atoms with Crippen LogP contribution >= 0.6 is 0 Å². The van der Waals surface area contributed by atoms with E-state index >= 15 is 0 Å². The third kappa shape index (κ3) is 3.16. The number of carboxylic acid groups (broad SMARTS) is 1. The third-order valence-corrected chi connectivity index (χ3v) is 5.11. The van der Waals surface area contributed by atoms with Gasteiger partial charge in [0, 0.05) is 24.3 Å². The largest absolute Gasteiger partial charge is 0.481 e. The highest BCUT2D eigenvalue weighted by Crippen LogP contribution is 2.31. The highest BCUT2D eigenvalue weighted by molar-refractivity contribution is 5.82. The van der Waals surface area contributed by atoms with Crippen molar-refractivity contribution in [1.82, 2.24) is 14.7 Å². The molecule has 6 nitrogen and oxygen atoms in total. The molecule has 0 bridgehead atoms. The second-order valence-electron chi connectivity index (χ2n) is 7.00. The van der Waals surface area contributed by atoms with Crippen LogP contribution in [-0.4, -0.2) is 44.8 Å². The second kappa shape index (κ2) is 6.35. The lowest BCUT2D eigenvalue weighted by Crippen LogP contribution is -2.35. The number of carbonyl (C=O) groups excluding carboxylic acids is 1. The number of aromatic nitrogens is 2. The zero-order valence-corrected chi connectivity index (χ0v) is 14.8. The van der Waals surface area contributed by atoms with Crippen molar-refractivity contribution in [2.45, 2.75) is 33.6 Å². The summed E-state index contributed by atoms with van der Waals surface area (Å²) in [6.07, 6.45) is 0.746. The number of para-hydroxylation sites is 1. The zero-order valence-electron chi connectivity index (χ0n) is 14.8. The SMILES string of the molecule is Cc1nn(-c2ccccc2)c(C)c1CC(=O)N1CC[C@@](C)(C(=O)O)C1. The highest BCUT2D eigenvalue weighted by atomic mass is 16.4. The maximum Gasteiger partial charge on any atom is 0.311 e. The average Bonchev–Trinajstić information content (AvgIpc) is 3.12. The minimum absolute atomic E-state index is 0.0382. The fraction of sp³-hybridized carbons (Fsp3) is 0.421. The van der Waals surface area contributed by atoms with Crippen molar-refractivity contribution in [2.75, 3.05) is 13.1 Å². The van der Waals surface area contributed by atoms with E-state index in [1.807, 2.05) is 48.9 Å². The van der Waals surface area contributed by atoms with Gasteiger partial charge in [-0.15, -0.1) is 0 Å². The second-order valence-corrected chi connectivity index (χ2v) is 7.00. The number of hydrogen-bond donors (Lipinski definition) is 1. The Bertz CT molecular complexity index is 813. The molecule has 1 saturated heterocycles. The van der Waals surface area contributed by atoms with Gasteiger partial charge in [0.05, 0.1) is 23.2 Å². The smallest absolute Gasteiger partial charge is 0.311 e. The predicted octanol–water partition coefficient (Wildman–Crippen LogP) is 2.35. The zero-order chi connectivity index (χ0) is 18.2. The molecule has 0 aliphatic carbocycles. The Hall–Kier alpha value is -2.63. The van der Waals surface area contributed by atoms with E-state index in [-0.39, 0.29) is 18.9 Å².